The Morgan fingerprint density at radius 2 is 1.79 bits per heavy atom. The van der Waals surface area contributed by atoms with Gasteiger partial charge in [0.25, 0.3) is 5.56 Å². The number of para-hydroxylation sites is 1. The fourth-order valence-corrected chi connectivity index (χ4v) is 3.79. The molecule has 1 aliphatic rings. The van der Waals surface area contributed by atoms with Crippen LogP contribution >= 0.6 is 0 Å². The van der Waals surface area contributed by atoms with Gasteiger partial charge in [-0.15, -0.1) is 0 Å². The summed E-state index contributed by atoms with van der Waals surface area (Å²) in [5.41, 5.74) is 3.18. The maximum Gasteiger partial charge on any atom is 0.261 e. The van der Waals surface area contributed by atoms with Gasteiger partial charge in [-0.05, 0) is 24.6 Å². The standard InChI is InChI=1S/C22H24N4O2/c1-17-6-2-3-7-18(17)14-24-10-12-25(13-11-24)21(27)15-26-16-23-20-9-5-4-8-19(20)22(26)28/h2-9,16H,10-15H2,1H3/p+1. The van der Waals surface area contributed by atoms with Crippen LogP contribution in [0.1, 0.15) is 11.1 Å². The van der Waals surface area contributed by atoms with Crippen LogP contribution in [0.25, 0.3) is 10.9 Å². The number of carbonyl (C=O) groups is 1. The first kappa shape index (κ1) is 18.4. The molecule has 1 saturated heterocycles. The van der Waals surface area contributed by atoms with E-state index < -0.39 is 0 Å². The number of nitrogens with one attached hydrogen (secondary N) is 1. The number of nitrogens with zero attached hydrogens (tertiary/aromatic N) is 3. The number of carbonyl (C=O) groups excluding carboxylic acids is 1. The van der Waals surface area contributed by atoms with Crippen LogP contribution in [0.4, 0.5) is 0 Å². The van der Waals surface area contributed by atoms with E-state index in [0.717, 1.165) is 32.7 Å². The van der Waals surface area contributed by atoms with E-state index in [2.05, 4.69) is 36.2 Å². The number of hydrogen-bond acceptors (Lipinski definition) is 3. The van der Waals surface area contributed by atoms with Crippen LogP contribution < -0.4 is 10.5 Å². The molecule has 0 aliphatic carbocycles. The Balaban J connectivity index is 1.37. The smallest absolute Gasteiger partial charge is 0.261 e. The van der Waals surface area contributed by atoms with Crippen LogP contribution in [-0.4, -0.2) is 46.5 Å². The normalized spacial score (nSPS) is 15.1. The molecule has 0 saturated carbocycles. The zero-order valence-electron chi connectivity index (χ0n) is 16.1. The summed E-state index contributed by atoms with van der Waals surface area (Å²) in [6.45, 7) is 6.46. The predicted octanol–water partition coefficient (Wildman–Crippen LogP) is 0.632. The van der Waals surface area contributed by atoms with E-state index in [1.54, 1.807) is 12.1 Å². The minimum absolute atomic E-state index is 0.0193. The van der Waals surface area contributed by atoms with Gasteiger partial charge in [0.05, 0.1) is 43.4 Å². The first-order valence-electron chi connectivity index (χ1n) is 9.72. The average molecular weight is 377 g/mol. The fourth-order valence-electron chi connectivity index (χ4n) is 3.79. The van der Waals surface area contributed by atoms with Crippen molar-refractivity contribution in [2.45, 2.75) is 20.0 Å². The lowest BCUT2D eigenvalue weighted by molar-refractivity contribution is -0.917. The molecule has 1 fully saturated rings. The Morgan fingerprint density at radius 3 is 2.57 bits per heavy atom. The first-order valence-corrected chi connectivity index (χ1v) is 9.72. The van der Waals surface area contributed by atoms with E-state index in [1.165, 1.54) is 26.9 Å². The van der Waals surface area contributed by atoms with Crippen molar-refractivity contribution in [1.82, 2.24) is 14.5 Å². The number of amides is 1. The van der Waals surface area contributed by atoms with Gasteiger partial charge in [0.2, 0.25) is 5.91 Å². The van der Waals surface area contributed by atoms with E-state index in [9.17, 15) is 9.59 Å². The molecular formula is C22H25N4O2+. The average Bonchev–Trinajstić information content (AvgIpc) is 2.72. The minimum atomic E-state index is -0.164. The SMILES string of the molecule is Cc1ccccc1C[NH+]1CCN(C(=O)Cn2cnc3ccccc3c2=O)CC1. The number of aromatic nitrogens is 2. The molecule has 0 unspecified atom stereocenters. The molecule has 0 bridgehead atoms. The van der Waals surface area contributed by atoms with Crippen molar-refractivity contribution in [2.75, 3.05) is 26.2 Å². The fraction of sp³-hybridized carbons (Fsp3) is 0.318. The zero-order chi connectivity index (χ0) is 19.5. The summed E-state index contributed by atoms with van der Waals surface area (Å²) in [6, 6.07) is 15.7. The van der Waals surface area contributed by atoms with E-state index >= 15 is 0 Å². The molecule has 4 rings (SSSR count). The number of aryl methyl sites for hydroxylation is 1. The lowest BCUT2D eigenvalue weighted by Crippen LogP contribution is -3.13. The molecule has 2 heterocycles. The van der Waals surface area contributed by atoms with Crippen molar-refractivity contribution < 1.29 is 9.69 Å². The zero-order valence-corrected chi connectivity index (χ0v) is 16.1. The predicted molar refractivity (Wildman–Crippen MR) is 108 cm³/mol. The van der Waals surface area contributed by atoms with Gasteiger partial charge in [0, 0.05) is 5.56 Å². The summed E-state index contributed by atoms with van der Waals surface area (Å²) in [4.78, 5) is 32.9. The second kappa shape index (κ2) is 7.94. The molecule has 0 radical (unpaired) electrons. The number of quaternary nitrogens is 1. The Labute approximate surface area is 164 Å². The van der Waals surface area contributed by atoms with E-state index in [-0.39, 0.29) is 18.0 Å². The molecule has 6 heteroatoms. The molecule has 1 aliphatic heterocycles. The van der Waals surface area contributed by atoms with Gasteiger partial charge in [-0.25, -0.2) is 4.98 Å². The number of benzene rings is 2. The van der Waals surface area contributed by atoms with E-state index in [4.69, 9.17) is 0 Å². The van der Waals surface area contributed by atoms with Crippen molar-refractivity contribution in [2.24, 2.45) is 0 Å². The molecule has 144 valence electrons. The van der Waals surface area contributed by atoms with Gasteiger partial charge in [0.1, 0.15) is 13.1 Å². The highest BCUT2D eigenvalue weighted by atomic mass is 16.2. The summed E-state index contributed by atoms with van der Waals surface area (Å²) in [5.74, 6) is -0.0193. The van der Waals surface area contributed by atoms with E-state index in [1.807, 2.05) is 17.0 Å². The van der Waals surface area contributed by atoms with E-state index in [0.29, 0.717) is 10.9 Å². The maximum absolute atomic E-state index is 12.7. The van der Waals surface area contributed by atoms with Crippen molar-refractivity contribution in [3.63, 3.8) is 0 Å². The molecule has 28 heavy (non-hydrogen) atoms. The molecule has 6 nitrogen and oxygen atoms in total. The van der Waals surface area contributed by atoms with Gasteiger partial charge in [-0.2, -0.15) is 0 Å². The van der Waals surface area contributed by atoms with Crippen LogP contribution in [0, 0.1) is 6.92 Å². The van der Waals surface area contributed by atoms with Crippen molar-refractivity contribution in [1.29, 1.82) is 0 Å². The Morgan fingerprint density at radius 1 is 1.07 bits per heavy atom. The summed E-state index contributed by atoms with van der Waals surface area (Å²) >= 11 is 0. The molecule has 1 N–H and O–H groups in total. The quantitative estimate of drug-likeness (QED) is 0.726. The summed E-state index contributed by atoms with van der Waals surface area (Å²) in [5, 5.41) is 0.547. The lowest BCUT2D eigenvalue weighted by atomic mass is 10.1. The second-order valence-electron chi connectivity index (χ2n) is 7.43. The van der Waals surface area contributed by atoms with Crippen LogP contribution in [0.15, 0.2) is 59.7 Å². The highest BCUT2D eigenvalue weighted by molar-refractivity contribution is 5.79. The third-order valence-corrected chi connectivity index (χ3v) is 5.56. The highest BCUT2D eigenvalue weighted by Gasteiger charge is 2.24. The van der Waals surface area contributed by atoms with Crippen molar-refractivity contribution in [3.8, 4) is 0 Å². The number of rotatable bonds is 4. The van der Waals surface area contributed by atoms with Gasteiger partial charge in [0.15, 0.2) is 0 Å². The minimum Gasteiger partial charge on any atom is -0.330 e. The third kappa shape index (κ3) is 3.82. The van der Waals surface area contributed by atoms with Crippen LogP contribution in [0.3, 0.4) is 0 Å². The highest BCUT2D eigenvalue weighted by Crippen LogP contribution is 2.06. The summed E-state index contributed by atoms with van der Waals surface area (Å²) in [6.07, 6.45) is 1.47. The van der Waals surface area contributed by atoms with Crippen LogP contribution in [-0.2, 0) is 17.9 Å². The molecule has 1 amide bonds. The van der Waals surface area contributed by atoms with Crippen LogP contribution in [0.2, 0.25) is 0 Å². The number of piperazine rings is 1. The first-order chi connectivity index (χ1) is 13.6. The molecule has 1 aromatic heterocycles. The third-order valence-electron chi connectivity index (χ3n) is 5.56. The molecule has 0 atom stereocenters. The van der Waals surface area contributed by atoms with Gasteiger partial charge in [-0.1, -0.05) is 36.4 Å². The van der Waals surface area contributed by atoms with Crippen molar-refractivity contribution in [3.05, 3.63) is 76.3 Å². The monoisotopic (exact) mass is 377 g/mol. The summed E-state index contributed by atoms with van der Waals surface area (Å²) < 4.78 is 1.41. The largest absolute Gasteiger partial charge is 0.330 e. The topological polar surface area (TPSA) is 59.6 Å². The molecule has 3 aromatic rings. The van der Waals surface area contributed by atoms with Crippen molar-refractivity contribution >= 4 is 16.8 Å². The van der Waals surface area contributed by atoms with Crippen LogP contribution in [0.5, 0.6) is 0 Å². The molecular weight excluding hydrogens is 352 g/mol. The van der Waals surface area contributed by atoms with Gasteiger partial charge >= 0.3 is 0 Å². The Bertz CT molecular complexity index is 1050. The molecule has 2 aromatic carbocycles. The van der Waals surface area contributed by atoms with Gasteiger partial charge < -0.3 is 9.80 Å². The molecule has 0 spiro atoms. The number of fused-ring (bicyclic) bond motifs is 1. The number of hydrogen-bond donors (Lipinski definition) is 1. The lowest BCUT2D eigenvalue weighted by Gasteiger charge is -2.32. The summed E-state index contributed by atoms with van der Waals surface area (Å²) in [7, 11) is 0. The Hall–Kier alpha value is -2.99. The van der Waals surface area contributed by atoms with Gasteiger partial charge in [-0.3, -0.25) is 14.2 Å². The second-order valence-corrected chi connectivity index (χ2v) is 7.43. The maximum atomic E-state index is 12.7. The Kier molecular flexibility index (Phi) is 5.21.